The van der Waals surface area contributed by atoms with Crippen molar-refractivity contribution in [1.29, 1.82) is 5.26 Å². The van der Waals surface area contributed by atoms with Crippen LogP contribution in [0.25, 0.3) is 10.2 Å². The van der Waals surface area contributed by atoms with Gasteiger partial charge < -0.3 is 4.74 Å². The standard InChI is InChI=1S/C16H13N3O2S2/c1-21-12-4-2-11(3-5-12)10-19-15(20)14-13(6-8-22-14)18-16(19)23-9-7-17/h2-6,8H,9-10H2,1H3. The zero-order chi connectivity index (χ0) is 16.2. The SMILES string of the molecule is COc1ccc(Cn2c(SCC#N)nc3ccsc3c2=O)cc1. The molecular weight excluding hydrogens is 330 g/mol. The van der Waals surface area contributed by atoms with Crippen LogP contribution < -0.4 is 10.3 Å². The molecule has 0 unspecified atom stereocenters. The monoisotopic (exact) mass is 343 g/mol. The van der Waals surface area contributed by atoms with E-state index in [9.17, 15) is 4.79 Å². The van der Waals surface area contributed by atoms with Gasteiger partial charge in [-0.15, -0.1) is 11.3 Å². The molecule has 1 aromatic carbocycles. The van der Waals surface area contributed by atoms with Gasteiger partial charge in [0, 0.05) is 0 Å². The topological polar surface area (TPSA) is 67.9 Å². The minimum atomic E-state index is -0.0683. The van der Waals surface area contributed by atoms with E-state index in [1.54, 1.807) is 11.7 Å². The van der Waals surface area contributed by atoms with Crippen LogP contribution in [0.3, 0.4) is 0 Å². The molecule has 5 nitrogen and oxygen atoms in total. The number of aromatic nitrogens is 2. The van der Waals surface area contributed by atoms with E-state index in [1.807, 2.05) is 35.7 Å². The van der Waals surface area contributed by atoms with Crippen molar-refractivity contribution in [2.75, 3.05) is 12.9 Å². The average Bonchev–Trinajstić information content (AvgIpc) is 3.05. The van der Waals surface area contributed by atoms with Crippen LogP contribution in [0.15, 0.2) is 45.7 Å². The first-order valence-electron chi connectivity index (χ1n) is 6.83. The van der Waals surface area contributed by atoms with E-state index < -0.39 is 0 Å². The van der Waals surface area contributed by atoms with Crippen molar-refractivity contribution in [1.82, 2.24) is 9.55 Å². The lowest BCUT2D eigenvalue weighted by molar-refractivity contribution is 0.414. The Bertz CT molecular complexity index is 923. The maximum absolute atomic E-state index is 12.7. The van der Waals surface area contributed by atoms with Crippen LogP contribution in [0.2, 0.25) is 0 Å². The third-order valence-electron chi connectivity index (χ3n) is 3.30. The number of hydrogen-bond acceptors (Lipinski definition) is 6. The van der Waals surface area contributed by atoms with E-state index in [-0.39, 0.29) is 11.3 Å². The van der Waals surface area contributed by atoms with E-state index in [0.29, 0.717) is 21.9 Å². The lowest BCUT2D eigenvalue weighted by atomic mass is 10.2. The largest absolute Gasteiger partial charge is 0.497 e. The minimum absolute atomic E-state index is 0.0683. The van der Waals surface area contributed by atoms with Crippen molar-refractivity contribution < 1.29 is 4.74 Å². The van der Waals surface area contributed by atoms with Gasteiger partial charge in [-0.1, -0.05) is 23.9 Å². The second-order valence-corrected chi connectivity index (χ2v) is 6.57. The normalized spacial score (nSPS) is 10.6. The molecule has 0 fully saturated rings. The van der Waals surface area contributed by atoms with Gasteiger partial charge in [-0.3, -0.25) is 9.36 Å². The number of thiophene rings is 1. The highest BCUT2D eigenvalue weighted by molar-refractivity contribution is 7.99. The Morgan fingerprint density at radius 3 is 2.83 bits per heavy atom. The first-order chi connectivity index (χ1) is 11.2. The van der Waals surface area contributed by atoms with E-state index >= 15 is 0 Å². The molecule has 0 saturated heterocycles. The summed E-state index contributed by atoms with van der Waals surface area (Å²) >= 11 is 2.66. The first kappa shape index (κ1) is 15.6. The molecule has 0 N–H and O–H groups in total. The molecule has 3 aromatic rings. The van der Waals surface area contributed by atoms with Gasteiger partial charge in [0.1, 0.15) is 10.4 Å². The van der Waals surface area contributed by atoms with Gasteiger partial charge >= 0.3 is 0 Å². The highest BCUT2D eigenvalue weighted by atomic mass is 32.2. The number of fused-ring (bicyclic) bond motifs is 1. The molecule has 0 aliphatic heterocycles. The summed E-state index contributed by atoms with van der Waals surface area (Å²) in [5, 5.41) is 11.2. The number of hydrogen-bond donors (Lipinski definition) is 0. The van der Waals surface area contributed by atoms with Crippen LogP contribution in [0.1, 0.15) is 5.56 Å². The van der Waals surface area contributed by atoms with E-state index in [1.165, 1.54) is 23.1 Å². The zero-order valence-corrected chi connectivity index (χ0v) is 14.0. The van der Waals surface area contributed by atoms with E-state index in [4.69, 9.17) is 10.00 Å². The molecule has 116 valence electrons. The van der Waals surface area contributed by atoms with Crippen molar-refractivity contribution in [3.63, 3.8) is 0 Å². The minimum Gasteiger partial charge on any atom is -0.497 e. The summed E-state index contributed by atoms with van der Waals surface area (Å²) in [6.07, 6.45) is 0. The Kier molecular flexibility index (Phi) is 4.65. The Hall–Kier alpha value is -2.30. The summed E-state index contributed by atoms with van der Waals surface area (Å²) < 4.78 is 7.41. The van der Waals surface area contributed by atoms with Crippen molar-refractivity contribution in [3.8, 4) is 11.8 Å². The fraction of sp³-hybridized carbons (Fsp3) is 0.188. The molecule has 0 atom stereocenters. The molecular formula is C16H13N3O2S2. The second-order valence-electron chi connectivity index (χ2n) is 4.72. The van der Waals surface area contributed by atoms with Crippen LogP contribution in [0.4, 0.5) is 0 Å². The number of nitriles is 1. The first-order valence-corrected chi connectivity index (χ1v) is 8.70. The number of benzene rings is 1. The number of methoxy groups -OCH3 is 1. The molecule has 0 spiro atoms. The summed E-state index contributed by atoms with van der Waals surface area (Å²) in [5.74, 6) is 1.03. The van der Waals surface area contributed by atoms with Gasteiger partial charge in [-0.25, -0.2) is 4.98 Å². The predicted molar refractivity (Wildman–Crippen MR) is 92.3 cm³/mol. The Labute approximate surface area is 141 Å². The number of ether oxygens (including phenoxy) is 1. The van der Waals surface area contributed by atoms with E-state index in [0.717, 1.165) is 11.3 Å². The maximum Gasteiger partial charge on any atom is 0.272 e. The fourth-order valence-electron chi connectivity index (χ4n) is 2.18. The summed E-state index contributed by atoms with van der Waals surface area (Å²) in [6, 6.07) is 11.5. The highest BCUT2D eigenvalue weighted by Gasteiger charge is 2.13. The molecule has 2 aromatic heterocycles. The molecule has 0 aliphatic carbocycles. The Morgan fingerprint density at radius 1 is 1.35 bits per heavy atom. The Balaban J connectivity index is 2.04. The second kappa shape index (κ2) is 6.86. The maximum atomic E-state index is 12.7. The average molecular weight is 343 g/mol. The third-order valence-corrected chi connectivity index (χ3v) is 5.03. The highest BCUT2D eigenvalue weighted by Crippen LogP contribution is 2.22. The summed E-state index contributed by atoms with van der Waals surface area (Å²) in [6.45, 7) is 0.414. The van der Waals surface area contributed by atoms with Crippen molar-refractivity contribution in [2.45, 2.75) is 11.7 Å². The van der Waals surface area contributed by atoms with Gasteiger partial charge in [0.15, 0.2) is 5.16 Å². The number of rotatable bonds is 5. The van der Waals surface area contributed by atoms with Crippen LogP contribution in [0, 0.1) is 11.3 Å². The Morgan fingerprint density at radius 2 is 2.13 bits per heavy atom. The summed E-state index contributed by atoms with van der Waals surface area (Å²) in [5.41, 5.74) is 1.59. The smallest absolute Gasteiger partial charge is 0.272 e. The van der Waals surface area contributed by atoms with Crippen LogP contribution in [0.5, 0.6) is 5.75 Å². The summed E-state index contributed by atoms with van der Waals surface area (Å²) in [4.78, 5) is 17.2. The predicted octanol–water partition coefficient (Wildman–Crippen LogP) is 3.13. The molecule has 0 amide bonds. The summed E-state index contributed by atoms with van der Waals surface area (Å²) in [7, 11) is 1.62. The molecule has 0 aliphatic rings. The van der Waals surface area contributed by atoms with Crippen molar-refractivity contribution >= 4 is 33.3 Å². The van der Waals surface area contributed by atoms with Crippen LogP contribution in [-0.4, -0.2) is 22.4 Å². The molecule has 0 radical (unpaired) electrons. The number of nitrogens with zero attached hydrogens (tertiary/aromatic N) is 3. The lowest BCUT2D eigenvalue weighted by Crippen LogP contribution is -2.23. The van der Waals surface area contributed by atoms with Gasteiger partial charge in [-0.05, 0) is 29.1 Å². The van der Waals surface area contributed by atoms with Gasteiger partial charge in [-0.2, -0.15) is 5.26 Å². The van der Waals surface area contributed by atoms with Crippen LogP contribution in [-0.2, 0) is 6.54 Å². The quantitative estimate of drug-likeness (QED) is 0.526. The third kappa shape index (κ3) is 3.23. The van der Waals surface area contributed by atoms with Crippen molar-refractivity contribution in [3.05, 3.63) is 51.6 Å². The van der Waals surface area contributed by atoms with Gasteiger partial charge in [0.25, 0.3) is 5.56 Å². The lowest BCUT2D eigenvalue weighted by Gasteiger charge is -2.11. The fourth-order valence-corrected chi connectivity index (χ4v) is 3.62. The van der Waals surface area contributed by atoms with Crippen LogP contribution >= 0.6 is 23.1 Å². The van der Waals surface area contributed by atoms with E-state index in [2.05, 4.69) is 11.1 Å². The number of thioether (sulfide) groups is 1. The molecule has 23 heavy (non-hydrogen) atoms. The molecule has 0 saturated carbocycles. The molecule has 0 bridgehead atoms. The molecule has 7 heteroatoms. The van der Waals surface area contributed by atoms with Gasteiger partial charge in [0.2, 0.25) is 0 Å². The molecule has 3 rings (SSSR count). The molecule has 2 heterocycles. The zero-order valence-electron chi connectivity index (χ0n) is 12.4. The van der Waals surface area contributed by atoms with Gasteiger partial charge in [0.05, 0.1) is 31.0 Å². The van der Waals surface area contributed by atoms with Crippen molar-refractivity contribution in [2.24, 2.45) is 0 Å².